The molecular weight excluding hydrogens is 382 g/mol. The number of ether oxygens (including phenoxy) is 2. The van der Waals surface area contributed by atoms with E-state index < -0.39 is 0 Å². The first-order valence-corrected chi connectivity index (χ1v) is 8.95. The molecule has 0 spiro atoms. The number of amides is 1. The molecule has 1 atom stereocenters. The van der Waals surface area contributed by atoms with Crippen molar-refractivity contribution in [2.24, 2.45) is 0 Å². The zero-order valence-corrected chi connectivity index (χ0v) is 15.6. The summed E-state index contributed by atoms with van der Waals surface area (Å²) in [6, 6.07) is 13.9. The predicted molar refractivity (Wildman–Crippen MR) is 102 cm³/mol. The number of hydrogen-bond acceptors (Lipinski definition) is 3. The number of benzene rings is 2. The third kappa shape index (κ3) is 4.50. The van der Waals surface area contributed by atoms with E-state index in [0.29, 0.717) is 13.2 Å². The summed E-state index contributed by atoms with van der Waals surface area (Å²) in [6.07, 6.45) is 4.08. The number of methoxy groups -OCH3 is 1. The quantitative estimate of drug-likeness (QED) is 0.772. The molecule has 4 nitrogen and oxygen atoms in total. The molecule has 0 saturated carbocycles. The Balaban J connectivity index is 1.62. The van der Waals surface area contributed by atoms with Gasteiger partial charge in [0.05, 0.1) is 13.7 Å². The van der Waals surface area contributed by atoms with Gasteiger partial charge in [0.25, 0.3) is 0 Å². The number of carbonyl (C=O) groups is 1. The van der Waals surface area contributed by atoms with E-state index in [0.717, 1.165) is 27.8 Å². The molecule has 130 valence electrons. The fraction of sp³-hybridized carbons (Fsp3) is 0.250. The molecule has 3 rings (SSSR count). The number of fused-ring (bicyclic) bond motifs is 1. The Kier molecular flexibility index (Phi) is 5.89. The molecule has 0 bridgehead atoms. The van der Waals surface area contributed by atoms with Crippen molar-refractivity contribution in [3.63, 3.8) is 0 Å². The van der Waals surface area contributed by atoms with Crippen LogP contribution in [-0.2, 0) is 16.0 Å². The van der Waals surface area contributed by atoms with E-state index in [1.807, 2.05) is 30.3 Å². The number of halogens is 1. The van der Waals surface area contributed by atoms with Crippen LogP contribution >= 0.6 is 15.9 Å². The lowest BCUT2D eigenvalue weighted by atomic mass is 9.97. The number of hydrogen-bond donors (Lipinski definition) is 1. The first kappa shape index (κ1) is 17.7. The number of carbonyl (C=O) groups excluding carboxylic acids is 1. The van der Waals surface area contributed by atoms with Gasteiger partial charge in [-0.3, -0.25) is 4.79 Å². The highest BCUT2D eigenvalue weighted by Crippen LogP contribution is 2.26. The Morgan fingerprint density at radius 3 is 3.04 bits per heavy atom. The van der Waals surface area contributed by atoms with E-state index in [1.54, 1.807) is 13.2 Å². The SMILES string of the molecule is COc1ccc(Br)cc1C=CC(=O)NCC1OCCc2ccccc21. The summed E-state index contributed by atoms with van der Waals surface area (Å²) in [5.74, 6) is 0.561. The highest BCUT2D eigenvalue weighted by Gasteiger charge is 2.20. The van der Waals surface area contributed by atoms with Gasteiger partial charge in [-0.05, 0) is 41.8 Å². The van der Waals surface area contributed by atoms with Crippen LogP contribution in [0.4, 0.5) is 0 Å². The van der Waals surface area contributed by atoms with Gasteiger partial charge in [0.1, 0.15) is 11.9 Å². The van der Waals surface area contributed by atoms with Gasteiger partial charge in [-0.1, -0.05) is 40.2 Å². The summed E-state index contributed by atoms with van der Waals surface area (Å²) in [5.41, 5.74) is 3.29. The summed E-state index contributed by atoms with van der Waals surface area (Å²) in [4.78, 5) is 12.1. The maximum Gasteiger partial charge on any atom is 0.244 e. The van der Waals surface area contributed by atoms with Gasteiger partial charge in [-0.2, -0.15) is 0 Å². The van der Waals surface area contributed by atoms with Gasteiger partial charge >= 0.3 is 0 Å². The minimum atomic E-state index is -0.159. The fourth-order valence-corrected chi connectivity index (χ4v) is 3.28. The minimum absolute atomic E-state index is 0.0947. The molecule has 1 aliphatic heterocycles. The zero-order chi connectivity index (χ0) is 17.6. The van der Waals surface area contributed by atoms with E-state index in [9.17, 15) is 4.79 Å². The van der Waals surface area contributed by atoms with Gasteiger partial charge in [0, 0.05) is 22.7 Å². The highest BCUT2D eigenvalue weighted by atomic mass is 79.9. The Bertz CT molecular complexity index is 788. The molecule has 5 heteroatoms. The fourth-order valence-electron chi connectivity index (χ4n) is 2.90. The molecule has 0 aromatic heterocycles. The van der Waals surface area contributed by atoms with Crippen molar-refractivity contribution >= 4 is 27.9 Å². The van der Waals surface area contributed by atoms with Crippen molar-refractivity contribution in [1.29, 1.82) is 0 Å². The van der Waals surface area contributed by atoms with E-state index in [4.69, 9.17) is 9.47 Å². The second-order valence-electron chi connectivity index (χ2n) is 5.77. The lowest BCUT2D eigenvalue weighted by Gasteiger charge is -2.26. The van der Waals surface area contributed by atoms with Crippen LogP contribution in [0.25, 0.3) is 6.08 Å². The molecular formula is C20H20BrNO3. The van der Waals surface area contributed by atoms with Crippen LogP contribution in [0.1, 0.15) is 22.8 Å². The van der Waals surface area contributed by atoms with Crippen LogP contribution in [-0.4, -0.2) is 26.2 Å². The monoisotopic (exact) mass is 401 g/mol. The van der Waals surface area contributed by atoms with E-state index in [1.165, 1.54) is 11.6 Å². The molecule has 2 aromatic rings. The third-order valence-corrected chi connectivity index (χ3v) is 4.65. The van der Waals surface area contributed by atoms with Crippen molar-refractivity contribution < 1.29 is 14.3 Å². The molecule has 2 aromatic carbocycles. The standard InChI is InChI=1S/C20H20BrNO3/c1-24-18-8-7-16(21)12-15(18)6-9-20(23)22-13-19-17-5-3-2-4-14(17)10-11-25-19/h2-9,12,19H,10-11,13H2,1H3,(H,22,23). The Morgan fingerprint density at radius 2 is 2.20 bits per heavy atom. The van der Waals surface area contributed by atoms with Crippen molar-refractivity contribution in [3.8, 4) is 5.75 Å². The van der Waals surface area contributed by atoms with Crippen molar-refractivity contribution in [2.45, 2.75) is 12.5 Å². The number of nitrogens with one attached hydrogen (secondary N) is 1. The normalized spacial score (nSPS) is 16.5. The summed E-state index contributed by atoms with van der Waals surface area (Å²) < 4.78 is 12.0. The summed E-state index contributed by atoms with van der Waals surface area (Å²) in [7, 11) is 1.61. The Labute approximate surface area is 156 Å². The minimum Gasteiger partial charge on any atom is -0.496 e. The largest absolute Gasteiger partial charge is 0.496 e. The molecule has 25 heavy (non-hydrogen) atoms. The van der Waals surface area contributed by atoms with Gasteiger partial charge in [0.2, 0.25) is 5.91 Å². The Morgan fingerprint density at radius 1 is 1.36 bits per heavy atom. The smallest absolute Gasteiger partial charge is 0.244 e. The van der Waals surface area contributed by atoms with Gasteiger partial charge in [-0.15, -0.1) is 0 Å². The van der Waals surface area contributed by atoms with Gasteiger partial charge in [-0.25, -0.2) is 0 Å². The Hall–Kier alpha value is -2.11. The van der Waals surface area contributed by atoms with Crippen LogP contribution in [0.15, 0.2) is 53.0 Å². The molecule has 1 heterocycles. The topological polar surface area (TPSA) is 47.6 Å². The lowest BCUT2D eigenvalue weighted by Crippen LogP contribution is -2.30. The van der Waals surface area contributed by atoms with Crippen molar-refractivity contribution in [1.82, 2.24) is 5.32 Å². The molecule has 0 aliphatic carbocycles. The van der Waals surface area contributed by atoms with Crippen molar-refractivity contribution in [3.05, 3.63) is 69.7 Å². The zero-order valence-electron chi connectivity index (χ0n) is 14.0. The number of rotatable bonds is 5. The molecule has 1 aliphatic rings. The van der Waals surface area contributed by atoms with Crippen molar-refractivity contribution in [2.75, 3.05) is 20.3 Å². The van der Waals surface area contributed by atoms with E-state index in [-0.39, 0.29) is 12.0 Å². The summed E-state index contributed by atoms with van der Waals surface area (Å²) in [6.45, 7) is 1.14. The van der Waals surface area contributed by atoms with E-state index >= 15 is 0 Å². The van der Waals surface area contributed by atoms with E-state index in [2.05, 4.69) is 33.4 Å². The maximum absolute atomic E-state index is 12.1. The average molecular weight is 402 g/mol. The third-order valence-electron chi connectivity index (χ3n) is 4.16. The lowest BCUT2D eigenvalue weighted by molar-refractivity contribution is -0.117. The summed E-state index contributed by atoms with van der Waals surface area (Å²) in [5, 5.41) is 2.91. The molecule has 0 saturated heterocycles. The molecule has 0 fully saturated rings. The highest BCUT2D eigenvalue weighted by molar-refractivity contribution is 9.10. The van der Waals surface area contributed by atoms with Crippen LogP contribution < -0.4 is 10.1 Å². The van der Waals surface area contributed by atoms with Gasteiger partial charge in [0.15, 0.2) is 0 Å². The molecule has 1 amide bonds. The molecule has 1 unspecified atom stereocenters. The molecule has 0 radical (unpaired) electrons. The molecule has 1 N–H and O–H groups in total. The van der Waals surface area contributed by atoms with Crippen LogP contribution in [0.2, 0.25) is 0 Å². The predicted octanol–water partition coefficient (Wildman–Crippen LogP) is 3.90. The van der Waals surface area contributed by atoms with Gasteiger partial charge < -0.3 is 14.8 Å². The average Bonchev–Trinajstić information content (AvgIpc) is 2.64. The first-order valence-electron chi connectivity index (χ1n) is 8.16. The first-order chi connectivity index (χ1) is 12.2. The second-order valence-corrected chi connectivity index (χ2v) is 6.69. The van der Waals surface area contributed by atoms with Crippen LogP contribution in [0.5, 0.6) is 5.75 Å². The second kappa shape index (κ2) is 8.32. The van der Waals surface area contributed by atoms with Crippen LogP contribution in [0, 0.1) is 0 Å². The summed E-state index contributed by atoms with van der Waals surface area (Å²) >= 11 is 3.42. The van der Waals surface area contributed by atoms with Crippen LogP contribution in [0.3, 0.4) is 0 Å². The maximum atomic E-state index is 12.1.